The van der Waals surface area contributed by atoms with Crippen molar-refractivity contribution < 1.29 is 9.13 Å². The van der Waals surface area contributed by atoms with Crippen molar-refractivity contribution in [2.75, 3.05) is 12.8 Å². The maximum absolute atomic E-state index is 13.6. The lowest BCUT2D eigenvalue weighted by Crippen LogP contribution is -2.03. The van der Waals surface area contributed by atoms with Crippen molar-refractivity contribution in [1.29, 1.82) is 0 Å². The fraction of sp³-hybridized carbons (Fsp3) is 0.200. The van der Waals surface area contributed by atoms with Crippen LogP contribution in [0.25, 0.3) is 0 Å². The predicted octanol–water partition coefficient (Wildman–Crippen LogP) is 1.06. The van der Waals surface area contributed by atoms with Gasteiger partial charge in [0.1, 0.15) is 11.6 Å². The van der Waals surface area contributed by atoms with Crippen LogP contribution in [0.15, 0.2) is 24.4 Å². The van der Waals surface area contributed by atoms with E-state index < -0.39 is 0 Å². The van der Waals surface area contributed by atoms with Gasteiger partial charge < -0.3 is 10.5 Å². The minimum Gasteiger partial charge on any atom is -0.497 e. The van der Waals surface area contributed by atoms with Crippen LogP contribution in [-0.2, 0) is 6.54 Å². The Balaban J connectivity index is 2.21. The van der Waals surface area contributed by atoms with Crippen molar-refractivity contribution in [1.82, 2.24) is 15.0 Å². The summed E-state index contributed by atoms with van der Waals surface area (Å²) in [7, 11) is 1.49. The van der Waals surface area contributed by atoms with Crippen LogP contribution >= 0.6 is 0 Å². The quantitative estimate of drug-likeness (QED) is 0.843. The van der Waals surface area contributed by atoms with Gasteiger partial charge in [-0.05, 0) is 6.07 Å². The van der Waals surface area contributed by atoms with E-state index >= 15 is 0 Å². The van der Waals surface area contributed by atoms with Gasteiger partial charge in [-0.3, -0.25) is 0 Å². The van der Waals surface area contributed by atoms with Crippen LogP contribution in [0.5, 0.6) is 5.75 Å². The van der Waals surface area contributed by atoms with Gasteiger partial charge in [-0.25, -0.2) is 9.07 Å². The van der Waals surface area contributed by atoms with Crippen molar-refractivity contribution in [3.63, 3.8) is 0 Å². The van der Waals surface area contributed by atoms with Gasteiger partial charge >= 0.3 is 0 Å². The number of ether oxygens (including phenoxy) is 1. The summed E-state index contributed by atoms with van der Waals surface area (Å²) in [6.07, 6.45) is 1.55. The molecule has 0 saturated heterocycles. The second-order valence-corrected chi connectivity index (χ2v) is 3.30. The van der Waals surface area contributed by atoms with E-state index in [9.17, 15) is 4.39 Å². The number of anilines is 1. The van der Waals surface area contributed by atoms with Gasteiger partial charge in [0, 0.05) is 11.6 Å². The molecule has 0 bridgehead atoms. The second kappa shape index (κ2) is 4.18. The van der Waals surface area contributed by atoms with Gasteiger partial charge in [0.25, 0.3) is 0 Å². The zero-order chi connectivity index (χ0) is 11.5. The van der Waals surface area contributed by atoms with Crippen molar-refractivity contribution in [3.05, 3.63) is 35.8 Å². The predicted molar refractivity (Wildman–Crippen MR) is 56.5 cm³/mol. The Labute approximate surface area is 91.6 Å². The van der Waals surface area contributed by atoms with Gasteiger partial charge in [-0.1, -0.05) is 11.3 Å². The second-order valence-electron chi connectivity index (χ2n) is 3.30. The average molecular weight is 222 g/mol. The van der Waals surface area contributed by atoms with Crippen LogP contribution in [0.4, 0.5) is 10.2 Å². The zero-order valence-electron chi connectivity index (χ0n) is 8.72. The van der Waals surface area contributed by atoms with Crippen LogP contribution in [0.2, 0.25) is 0 Å². The summed E-state index contributed by atoms with van der Waals surface area (Å²) in [5.74, 6) is 0.460. The molecule has 0 fully saturated rings. The summed E-state index contributed by atoms with van der Waals surface area (Å²) < 4.78 is 19.9. The third-order valence-electron chi connectivity index (χ3n) is 2.15. The molecule has 0 aliphatic heterocycles. The minimum absolute atomic E-state index is 0.292. The first-order valence-corrected chi connectivity index (χ1v) is 4.67. The molecule has 2 rings (SSSR count). The number of nitrogens with two attached hydrogens (primary N) is 1. The third kappa shape index (κ3) is 2.10. The van der Waals surface area contributed by atoms with E-state index in [4.69, 9.17) is 10.5 Å². The number of nitrogen functional groups attached to an aromatic ring is 1. The molecule has 84 valence electrons. The normalized spacial score (nSPS) is 10.4. The molecule has 0 aliphatic carbocycles. The van der Waals surface area contributed by atoms with Crippen LogP contribution in [-0.4, -0.2) is 22.1 Å². The highest BCUT2D eigenvalue weighted by molar-refractivity contribution is 5.29. The smallest absolute Gasteiger partial charge is 0.165 e. The molecule has 2 N–H and O–H groups in total. The van der Waals surface area contributed by atoms with E-state index in [0.29, 0.717) is 23.7 Å². The molecule has 0 radical (unpaired) electrons. The molecule has 6 heteroatoms. The summed E-state index contributed by atoms with van der Waals surface area (Å²) in [5.41, 5.74) is 5.91. The molecule has 0 aliphatic rings. The lowest BCUT2D eigenvalue weighted by Gasteiger charge is -2.05. The molecule has 1 aromatic carbocycles. The average Bonchev–Trinajstić information content (AvgIpc) is 2.67. The lowest BCUT2D eigenvalue weighted by atomic mass is 10.2. The zero-order valence-corrected chi connectivity index (χ0v) is 8.72. The fourth-order valence-electron chi connectivity index (χ4n) is 1.35. The molecule has 0 saturated carbocycles. The lowest BCUT2D eigenvalue weighted by molar-refractivity contribution is 0.410. The number of methoxy groups -OCH3 is 1. The topological polar surface area (TPSA) is 66.0 Å². The fourth-order valence-corrected chi connectivity index (χ4v) is 1.35. The van der Waals surface area contributed by atoms with Gasteiger partial charge in [-0.2, -0.15) is 0 Å². The number of benzene rings is 1. The van der Waals surface area contributed by atoms with Gasteiger partial charge in [0.05, 0.1) is 19.9 Å². The number of hydrogen-bond acceptors (Lipinski definition) is 4. The van der Waals surface area contributed by atoms with Crippen molar-refractivity contribution in [2.24, 2.45) is 0 Å². The maximum Gasteiger partial charge on any atom is 0.165 e. The Morgan fingerprint density at radius 2 is 2.31 bits per heavy atom. The Morgan fingerprint density at radius 3 is 2.88 bits per heavy atom. The van der Waals surface area contributed by atoms with Gasteiger partial charge in [0.2, 0.25) is 0 Å². The molecule has 0 atom stereocenters. The van der Waals surface area contributed by atoms with E-state index in [1.54, 1.807) is 18.3 Å². The maximum atomic E-state index is 13.6. The first-order valence-electron chi connectivity index (χ1n) is 4.67. The molecular formula is C10H11FN4O. The monoisotopic (exact) mass is 222 g/mol. The summed E-state index contributed by atoms with van der Waals surface area (Å²) in [6.45, 7) is 0.292. The van der Waals surface area contributed by atoms with E-state index in [2.05, 4.69) is 10.3 Å². The molecule has 5 nitrogen and oxygen atoms in total. The summed E-state index contributed by atoms with van der Waals surface area (Å²) in [4.78, 5) is 0. The molecule has 1 aromatic heterocycles. The molecule has 2 aromatic rings. The standard InChI is InChI=1S/C10H11FN4O/c1-16-8-3-2-7(9(11)4-8)5-15-6-10(12)13-14-15/h2-4,6H,5,12H2,1H3. The Hall–Kier alpha value is -2.11. The number of hydrogen-bond donors (Lipinski definition) is 1. The number of rotatable bonds is 3. The molecule has 16 heavy (non-hydrogen) atoms. The van der Waals surface area contributed by atoms with E-state index in [1.807, 2.05) is 0 Å². The highest BCUT2D eigenvalue weighted by Gasteiger charge is 2.05. The Kier molecular flexibility index (Phi) is 2.72. The summed E-state index contributed by atoms with van der Waals surface area (Å²) >= 11 is 0. The molecule has 0 amide bonds. The number of aromatic nitrogens is 3. The third-order valence-corrected chi connectivity index (χ3v) is 2.15. The van der Waals surface area contributed by atoms with Crippen LogP contribution in [0.1, 0.15) is 5.56 Å². The Bertz CT molecular complexity index is 497. The van der Waals surface area contributed by atoms with E-state index in [-0.39, 0.29) is 5.82 Å². The van der Waals surface area contributed by atoms with Gasteiger partial charge in [0.15, 0.2) is 5.82 Å². The molecular weight excluding hydrogens is 211 g/mol. The first kappa shape index (κ1) is 10.4. The molecule has 0 unspecified atom stereocenters. The van der Waals surface area contributed by atoms with Crippen LogP contribution < -0.4 is 10.5 Å². The van der Waals surface area contributed by atoms with Crippen molar-refractivity contribution in [2.45, 2.75) is 6.54 Å². The highest BCUT2D eigenvalue weighted by Crippen LogP contribution is 2.16. The van der Waals surface area contributed by atoms with E-state index in [1.165, 1.54) is 17.9 Å². The number of nitrogens with zero attached hydrogens (tertiary/aromatic N) is 3. The van der Waals surface area contributed by atoms with Crippen LogP contribution in [0.3, 0.4) is 0 Å². The van der Waals surface area contributed by atoms with E-state index in [0.717, 1.165) is 0 Å². The largest absolute Gasteiger partial charge is 0.497 e. The van der Waals surface area contributed by atoms with Crippen molar-refractivity contribution in [3.8, 4) is 5.75 Å². The summed E-state index contributed by atoms with van der Waals surface area (Å²) in [5, 5.41) is 7.36. The van der Waals surface area contributed by atoms with Gasteiger partial charge in [-0.15, -0.1) is 5.10 Å². The minimum atomic E-state index is -0.339. The Morgan fingerprint density at radius 1 is 1.50 bits per heavy atom. The number of halogens is 1. The highest BCUT2D eigenvalue weighted by atomic mass is 19.1. The van der Waals surface area contributed by atoms with Crippen LogP contribution in [0, 0.1) is 5.82 Å². The van der Waals surface area contributed by atoms with Crippen molar-refractivity contribution >= 4 is 5.82 Å². The molecule has 1 heterocycles. The molecule has 0 spiro atoms. The summed E-state index contributed by atoms with van der Waals surface area (Å²) in [6, 6.07) is 4.67. The SMILES string of the molecule is COc1ccc(Cn2cc(N)nn2)c(F)c1. The first-order chi connectivity index (χ1) is 7.69.